The van der Waals surface area contributed by atoms with Crippen molar-refractivity contribution in [1.29, 1.82) is 0 Å². The number of nitrogens with zero attached hydrogens (tertiary/aromatic N) is 3. The van der Waals surface area contributed by atoms with Gasteiger partial charge in [0.25, 0.3) is 5.91 Å². The summed E-state index contributed by atoms with van der Waals surface area (Å²) in [7, 11) is -3.75. The molecular formula is C24H25F2N5O4S. The van der Waals surface area contributed by atoms with Gasteiger partial charge in [-0.2, -0.15) is 0 Å². The van der Waals surface area contributed by atoms with Crippen molar-refractivity contribution in [2.75, 3.05) is 36.5 Å². The number of rotatable bonds is 7. The summed E-state index contributed by atoms with van der Waals surface area (Å²) in [6.07, 6.45) is 2.64. The molecule has 3 aromatic rings. The van der Waals surface area contributed by atoms with Crippen molar-refractivity contribution in [3.05, 3.63) is 59.3 Å². The minimum atomic E-state index is -3.75. The first-order valence-electron chi connectivity index (χ1n) is 11.6. The number of hydrogen-bond donors (Lipinski definition) is 2. The zero-order valence-electron chi connectivity index (χ0n) is 19.5. The predicted molar refractivity (Wildman–Crippen MR) is 130 cm³/mol. The van der Waals surface area contributed by atoms with E-state index < -0.39 is 38.9 Å². The van der Waals surface area contributed by atoms with Crippen molar-refractivity contribution < 1.29 is 26.7 Å². The number of sulfonamides is 1. The molecule has 2 aliphatic rings. The van der Waals surface area contributed by atoms with Crippen molar-refractivity contribution >= 4 is 38.5 Å². The quantitative estimate of drug-likeness (QED) is 0.492. The van der Waals surface area contributed by atoms with E-state index in [-0.39, 0.29) is 11.3 Å². The maximum Gasteiger partial charge on any atom is 0.264 e. The lowest BCUT2D eigenvalue weighted by Gasteiger charge is -2.28. The molecular weight excluding hydrogens is 492 g/mol. The first kappa shape index (κ1) is 24.3. The van der Waals surface area contributed by atoms with E-state index in [0.29, 0.717) is 61.6 Å². The van der Waals surface area contributed by atoms with Crippen LogP contribution in [0.2, 0.25) is 0 Å². The second-order valence-corrected chi connectivity index (χ2v) is 10.9. The smallest absolute Gasteiger partial charge is 0.264 e. The van der Waals surface area contributed by atoms with Crippen LogP contribution in [-0.2, 0) is 14.8 Å². The zero-order valence-corrected chi connectivity index (χ0v) is 20.3. The summed E-state index contributed by atoms with van der Waals surface area (Å²) in [5.41, 5.74) is 1.69. The highest BCUT2D eigenvalue weighted by Crippen LogP contribution is 2.30. The van der Waals surface area contributed by atoms with Crippen molar-refractivity contribution in [1.82, 2.24) is 14.7 Å². The van der Waals surface area contributed by atoms with Crippen LogP contribution in [-0.4, -0.2) is 55.8 Å². The Morgan fingerprint density at radius 1 is 1.11 bits per heavy atom. The van der Waals surface area contributed by atoms with Crippen molar-refractivity contribution in [3.8, 4) is 0 Å². The molecule has 1 atom stereocenters. The Balaban J connectivity index is 1.54. The third-order valence-corrected chi connectivity index (χ3v) is 7.99. The first-order chi connectivity index (χ1) is 17.2. The number of ether oxygens (including phenoxy) is 1. The van der Waals surface area contributed by atoms with Gasteiger partial charge in [0.15, 0.2) is 0 Å². The fourth-order valence-corrected chi connectivity index (χ4v) is 5.45. The van der Waals surface area contributed by atoms with Crippen molar-refractivity contribution in [2.24, 2.45) is 0 Å². The summed E-state index contributed by atoms with van der Waals surface area (Å²) in [5, 5.41) is 2.49. The second kappa shape index (κ2) is 9.58. The topological polar surface area (TPSA) is 114 Å². The monoisotopic (exact) mass is 517 g/mol. The van der Waals surface area contributed by atoms with Crippen LogP contribution in [0.1, 0.15) is 41.7 Å². The molecule has 1 aliphatic carbocycles. The molecule has 36 heavy (non-hydrogen) atoms. The number of carbonyl (C=O) groups excluding carboxylic acids is 1. The molecule has 9 nitrogen and oxygen atoms in total. The van der Waals surface area contributed by atoms with Crippen LogP contribution in [0.4, 0.5) is 20.3 Å². The van der Waals surface area contributed by atoms with E-state index >= 15 is 0 Å². The molecule has 1 aliphatic heterocycles. The van der Waals surface area contributed by atoms with E-state index in [1.807, 2.05) is 4.90 Å². The Morgan fingerprint density at radius 3 is 2.47 bits per heavy atom. The highest BCUT2D eigenvalue weighted by molar-refractivity contribution is 7.91. The van der Waals surface area contributed by atoms with Crippen LogP contribution in [0.25, 0.3) is 11.0 Å². The lowest BCUT2D eigenvalue weighted by atomic mass is 10.0. The largest absolute Gasteiger partial charge is 0.378 e. The second-order valence-electron chi connectivity index (χ2n) is 8.96. The van der Waals surface area contributed by atoms with Gasteiger partial charge in [-0.25, -0.2) is 26.9 Å². The lowest BCUT2D eigenvalue weighted by Crippen LogP contribution is -2.36. The molecule has 2 fully saturated rings. The third kappa shape index (κ3) is 5.24. The minimum Gasteiger partial charge on any atom is -0.378 e. The van der Waals surface area contributed by atoms with E-state index in [2.05, 4.69) is 15.0 Å². The summed E-state index contributed by atoms with van der Waals surface area (Å²) in [6.45, 7) is 4.16. The molecule has 0 bridgehead atoms. The average Bonchev–Trinajstić information content (AvgIpc) is 3.69. The Morgan fingerprint density at radius 2 is 1.81 bits per heavy atom. The number of fused-ring (bicyclic) bond motifs is 1. The predicted octanol–water partition coefficient (Wildman–Crippen LogP) is 3.14. The van der Waals surface area contributed by atoms with Crippen LogP contribution in [0.3, 0.4) is 0 Å². The molecule has 1 aromatic heterocycles. The summed E-state index contributed by atoms with van der Waals surface area (Å²) in [6, 6.07) is 5.55. The summed E-state index contributed by atoms with van der Waals surface area (Å²) in [4.78, 5) is 24.2. The normalized spacial score (nSPS) is 17.1. The van der Waals surface area contributed by atoms with Crippen molar-refractivity contribution in [2.45, 2.75) is 31.1 Å². The molecule has 2 heterocycles. The van der Waals surface area contributed by atoms with Gasteiger partial charge in [0.05, 0.1) is 41.7 Å². The number of carbonyl (C=O) groups is 1. The molecule has 12 heteroatoms. The maximum absolute atomic E-state index is 13.8. The number of halogens is 2. The standard InChI is InChI=1S/C24H25F2N5O4S/c1-14(28-18-11-16(25)10-17(26)12-18)20-8-15(24(32)30-36(33,34)19-2-3-19)9-21-23(20)29-22(13-27-21)31-4-6-35-7-5-31/h8-14,19,28H,2-7H2,1H3,(H,30,32). The molecule has 5 rings (SSSR count). The fourth-order valence-electron chi connectivity index (χ4n) is 4.15. The highest BCUT2D eigenvalue weighted by atomic mass is 32.2. The van der Waals surface area contributed by atoms with Gasteiger partial charge in [-0.15, -0.1) is 0 Å². The molecule has 1 saturated carbocycles. The molecule has 2 aromatic carbocycles. The molecule has 190 valence electrons. The fraction of sp³-hybridized carbons (Fsp3) is 0.375. The number of amides is 1. The van der Waals surface area contributed by atoms with E-state index in [0.717, 1.165) is 18.2 Å². The molecule has 0 spiro atoms. The number of hydrogen-bond acceptors (Lipinski definition) is 8. The SMILES string of the molecule is CC(Nc1cc(F)cc(F)c1)c1cc(C(=O)NS(=O)(=O)C2CC2)cc2ncc(N3CCOCC3)nc12. The Hall–Kier alpha value is -3.38. The van der Waals surface area contributed by atoms with Crippen LogP contribution in [0.15, 0.2) is 36.5 Å². The molecule has 0 radical (unpaired) electrons. The number of morpholine rings is 1. The van der Waals surface area contributed by atoms with Gasteiger partial charge in [0.1, 0.15) is 17.5 Å². The van der Waals surface area contributed by atoms with Gasteiger partial charge >= 0.3 is 0 Å². The zero-order chi connectivity index (χ0) is 25.4. The Kier molecular flexibility index (Phi) is 6.47. The Labute approximate surface area is 206 Å². The van der Waals surface area contributed by atoms with Crippen LogP contribution in [0.5, 0.6) is 0 Å². The number of nitrogens with one attached hydrogen (secondary N) is 2. The van der Waals surface area contributed by atoms with E-state index in [4.69, 9.17) is 9.72 Å². The average molecular weight is 518 g/mol. The number of anilines is 2. The van der Waals surface area contributed by atoms with Crippen LogP contribution in [0, 0.1) is 11.6 Å². The molecule has 1 amide bonds. The lowest BCUT2D eigenvalue weighted by molar-refractivity contribution is 0.0981. The minimum absolute atomic E-state index is 0.0919. The van der Waals surface area contributed by atoms with Crippen LogP contribution < -0.4 is 14.9 Å². The number of aromatic nitrogens is 2. The van der Waals surface area contributed by atoms with E-state index in [1.165, 1.54) is 12.1 Å². The maximum atomic E-state index is 13.8. The number of benzene rings is 2. The Bertz CT molecular complexity index is 1410. The van der Waals surface area contributed by atoms with Gasteiger partial charge in [-0.05, 0) is 44.0 Å². The van der Waals surface area contributed by atoms with Crippen LogP contribution >= 0.6 is 0 Å². The van der Waals surface area contributed by atoms with Gasteiger partial charge in [-0.1, -0.05) is 0 Å². The summed E-state index contributed by atoms with van der Waals surface area (Å²) < 4.78 is 59.7. The molecule has 1 unspecified atom stereocenters. The van der Waals surface area contributed by atoms with Gasteiger partial charge in [-0.3, -0.25) is 9.78 Å². The van der Waals surface area contributed by atoms with Crippen molar-refractivity contribution in [3.63, 3.8) is 0 Å². The van der Waals surface area contributed by atoms with Gasteiger partial charge in [0.2, 0.25) is 10.0 Å². The van der Waals surface area contributed by atoms with E-state index in [9.17, 15) is 22.0 Å². The third-order valence-electron chi connectivity index (χ3n) is 6.17. The molecule has 2 N–H and O–H groups in total. The molecule has 1 saturated heterocycles. The van der Waals surface area contributed by atoms with Gasteiger partial charge in [0, 0.05) is 36.0 Å². The highest BCUT2D eigenvalue weighted by Gasteiger charge is 2.37. The van der Waals surface area contributed by atoms with E-state index in [1.54, 1.807) is 13.1 Å². The summed E-state index contributed by atoms with van der Waals surface area (Å²) in [5.74, 6) is -1.61. The van der Waals surface area contributed by atoms with Gasteiger partial charge < -0.3 is 15.0 Å². The first-order valence-corrected chi connectivity index (χ1v) is 13.2. The summed E-state index contributed by atoms with van der Waals surface area (Å²) >= 11 is 0.